The summed E-state index contributed by atoms with van der Waals surface area (Å²) >= 11 is 0. The highest BCUT2D eigenvalue weighted by Crippen LogP contribution is 2.28. The maximum atomic E-state index is 14.2. The van der Waals surface area contributed by atoms with Crippen molar-refractivity contribution >= 4 is 17.4 Å². The number of anilines is 1. The lowest BCUT2D eigenvalue weighted by Crippen LogP contribution is -2.26. The third-order valence-corrected chi connectivity index (χ3v) is 5.97. The van der Waals surface area contributed by atoms with E-state index in [-0.39, 0.29) is 30.2 Å². The van der Waals surface area contributed by atoms with E-state index < -0.39 is 5.82 Å². The second kappa shape index (κ2) is 10.3. The lowest BCUT2D eigenvalue weighted by atomic mass is 9.90. The number of benzene rings is 3. The number of amides is 1. The topological polar surface area (TPSA) is 58.2 Å². The summed E-state index contributed by atoms with van der Waals surface area (Å²) in [5.41, 5.74) is 3.91. The number of carbonyl (C=O) groups is 2. The summed E-state index contributed by atoms with van der Waals surface area (Å²) in [6, 6.07) is 22.2. The molecule has 1 aliphatic rings. The fourth-order valence-electron chi connectivity index (χ4n) is 4.11. The Morgan fingerprint density at radius 3 is 2.28 bits per heavy atom. The monoisotopic (exact) mass is 430 g/mol. The van der Waals surface area contributed by atoms with E-state index in [2.05, 4.69) is 10.6 Å². The molecule has 0 aromatic heterocycles. The third kappa shape index (κ3) is 5.48. The molecule has 0 saturated carbocycles. The number of rotatable bonds is 7. The Labute approximate surface area is 187 Å². The molecule has 4 nitrogen and oxygen atoms in total. The van der Waals surface area contributed by atoms with Crippen LogP contribution in [0.4, 0.5) is 10.1 Å². The number of hydrogen-bond donors (Lipinski definition) is 2. The first-order chi connectivity index (χ1) is 15.6. The minimum atomic E-state index is -0.459. The van der Waals surface area contributed by atoms with E-state index >= 15 is 0 Å². The lowest BCUT2D eigenvalue weighted by Gasteiger charge is -2.23. The highest BCUT2D eigenvalue weighted by Gasteiger charge is 2.18. The average Bonchev–Trinajstić information content (AvgIpc) is 2.85. The first-order valence-corrected chi connectivity index (χ1v) is 11.1. The average molecular weight is 431 g/mol. The number of carbonyl (C=O) groups excluding carboxylic acids is 2. The van der Waals surface area contributed by atoms with Crippen LogP contribution in [0.5, 0.6) is 0 Å². The molecular weight excluding hydrogens is 403 g/mol. The summed E-state index contributed by atoms with van der Waals surface area (Å²) in [4.78, 5) is 24.9. The molecule has 4 rings (SSSR count). The molecule has 5 heteroatoms. The van der Waals surface area contributed by atoms with E-state index in [0.717, 1.165) is 42.6 Å². The van der Waals surface area contributed by atoms with Crippen molar-refractivity contribution in [2.75, 3.05) is 18.4 Å². The van der Waals surface area contributed by atoms with Gasteiger partial charge < -0.3 is 10.6 Å². The molecule has 1 heterocycles. The summed E-state index contributed by atoms with van der Waals surface area (Å²) in [7, 11) is 0. The minimum absolute atomic E-state index is 0.0102. The van der Waals surface area contributed by atoms with Crippen LogP contribution in [0.1, 0.15) is 47.5 Å². The van der Waals surface area contributed by atoms with Gasteiger partial charge in [-0.15, -0.1) is 0 Å². The van der Waals surface area contributed by atoms with Crippen LogP contribution in [0.25, 0.3) is 11.1 Å². The molecule has 0 radical (unpaired) electrons. The Morgan fingerprint density at radius 2 is 1.56 bits per heavy atom. The van der Waals surface area contributed by atoms with Crippen molar-refractivity contribution in [3.8, 4) is 11.1 Å². The standard InChI is InChI=1S/C27H27FN2O2/c28-24-11-10-23(21-14-16-29-17-15-21)18-25(24)30-27(32)13-12-26(31)22-8-6-20(7-9-22)19-4-2-1-3-5-19/h1-11,18,21,29H,12-17H2,(H,30,32). The predicted octanol–water partition coefficient (Wildman–Crippen LogP) is 5.56. The van der Waals surface area contributed by atoms with Gasteiger partial charge in [0.15, 0.2) is 5.78 Å². The van der Waals surface area contributed by atoms with Gasteiger partial charge in [-0.25, -0.2) is 4.39 Å². The van der Waals surface area contributed by atoms with E-state index in [4.69, 9.17) is 0 Å². The van der Waals surface area contributed by atoms with Gasteiger partial charge in [-0.3, -0.25) is 9.59 Å². The van der Waals surface area contributed by atoms with Gasteiger partial charge in [0.25, 0.3) is 0 Å². The zero-order chi connectivity index (χ0) is 22.3. The fraction of sp³-hybridized carbons (Fsp3) is 0.259. The Balaban J connectivity index is 1.33. The van der Waals surface area contributed by atoms with Crippen LogP contribution in [0.2, 0.25) is 0 Å². The Bertz CT molecular complexity index is 1070. The highest BCUT2D eigenvalue weighted by atomic mass is 19.1. The Kier molecular flexibility index (Phi) is 7.07. The van der Waals surface area contributed by atoms with Gasteiger partial charge in [0, 0.05) is 18.4 Å². The molecule has 0 spiro atoms. The zero-order valence-corrected chi connectivity index (χ0v) is 17.9. The number of hydrogen-bond acceptors (Lipinski definition) is 3. The highest BCUT2D eigenvalue weighted by molar-refractivity contribution is 6.00. The van der Waals surface area contributed by atoms with E-state index in [1.807, 2.05) is 42.5 Å². The largest absolute Gasteiger partial charge is 0.324 e. The minimum Gasteiger partial charge on any atom is -0.324 e. The van der Waals surface area contributed by atoms with Gasteiger partial charge in [0.05, 0.1) is 5.69 Å². The van der Waals surface area contributed by atoms with Crippen molar-refractivity contribution in [1.29, 1.82) is 0 Å². The van der Waals surface area contributed by atoms with Gasteiger partial charge in [0.2, 0.25) is 5.91 Å². The number of halogens is 1. The fourth-order valence-corrected chi connectivity index (χ4v) is 4.11. The van der Waals surface area contributed by atoms with Crippen molar-refractivity contribution in [2.24, 2.45) is 0 Å². The van der Waals surface area contributed by atoms with E-state index in [1.165, 1.54) is 6.07 Å². The number of nitrogens with one attached hydrogen (secondary N) is 2. The molecule has 1 amide bonds. The Morgan fingerprint density at radius 1 is 0.875 bits per heavy atom. The van der Waals surface area contributed by atoms with Gasteiger partial charge >= 0.3 is 0 Å². The third-order valence-electron chi connectivity index (χ3n) is 5.97. The molecular formula is C27H27FN2O2. The predicted molar refractivity (Wildman–Crippen MR) is 125 cm³/mol. The second-order valence-corrected chi connectivity index (χ2v) is 8.18. The summed E-state index contributed by atoms with van der Waals surface area (Å²) in [6.45, 7) is 1.89. The maximum Gasteiger partial charge on any atom is 0.224 e. The molecule has 164 valence electrons. The number of Topliss-reactive ketones (excluding diaryl/α,β-unsaturated/α-hetero) is 1. The molecule has 1 fully saturated rings. The lowest BCUT2D eigenvalue weighted by molar-refractivity contribution is -0.116. The van der Waals surface area contributed by atoms with Crippen LogP contribution in [0.15, 0.2) is 72.8 Å². The van der Waals surface area contributed by atoms with E-state index in [9.17, 15) is 14.0 Å². The number of piperidine rings is 1. The van der Waals surface area contributed by atoms with Crippen LogP contribution in [0.3, 0.4) is 0 Å². The van der Waals surface area contributed by atoms with Gasteiger partial charge in [-0.1, -0.05) is 60.7 Å². The van der Waals surface area contributed by atoms with Crippen molar-refractivity contribution in [1.82, 2.24) is 5.32 Å². The zero-order valence-electron chi connectivity index (χ0n) is 17.9. The molecule has 3 aromatic rings. The van der Waals surface area contributed by atoms with Crippen molar-refractivity contribution < 1.29 is 14.0 Å². The van der Waals surface area contributed by atoms with Crippen LogP contribution >= 0.6 is 0 Å². The Hall–Kier alpha value is -3.31. The van der Waals surface area contributed by atoms with Crippen LogP contribution in [0, 0.1) is 5.82 Å². The van der Waals surface area contributed by atoms with Crippen LogP contribution in [-0.2, 0) is 4.79 Å². The molecule has 0 atom stereocenters. The van der Waals surface area contributed by atoms with Crippen molar-refractivity contribution in [3.05, 3.63) is 89.7 Å². The molecule has 0 aliphatic carbocycles. The van der Waals surface area contributed by atoms with Gasteiger partial charge in [-0.05, 0) is 60.7 Å². The molecule has 0 unspecified atom stereocenters. The molecule has 32 heavy (non-hydrogen) atoms. The first kappa shape index (κ1) is 21.9. The molecule has 0 bridgehead atoms. The summed E-state index contributed by atoms with van der Waals surface area (Å²) < 4.78 is 14.2. The quantitative estimate of drug-likeness (QED) is 0.483. The maximum absolute atomic E-state index is 14.2. The smallest absolute Gasteiger partial charge is 0.224 e. The normalized spacial score (nSPS) is 14.2. The van der Waals surface area contributed by atoms with E-state index in [1.54, 1.807) is 24.3 Å². The molecule has 1 saturated heterocycles. The molecule has 2 N–H and O–H groups in total. The van der Waals surface area contributed by atoms with E-state index in [0.29, 0.717) is 11.5 Å². The summed E-state index contributed by atoms with van der Waals surface area (Å²) in [6.07, 6.45) is 2.08. The molecule has 1 aliphatic heterocycles. The summed E-state index contributed by atoms with van der Waals surface area (Å²) in [5.74, 6) is -0.559. The van der Waals surface area contributed by atoms with Crippen LogP contribution < -0.4 is 10.6 Å². The summed E-state index contributed by atoms with van der Waals surface area (Å²) in [5, 5.41) is 5.96. The first-order valence-electron chi connectivity index (χ1n) is 11.1. The van der Waals surface area contributed by atoms with Gasteiger partial charge in [0.1, 0.15) is 5.82 Å². The van der Waals surface area contributed by atoms with Crippen molar-refractivity contribution in [3.63, 3.8) is 0 Å². The second-order valence-electron chi connectivity index (χ2n) is 8.18. The number of ketones is 1. The van der Waals surface area contributed by atoms with Crippen molar-refractivity contribution in [2.45, 2.75) is 31.6 Å². The molecule has 3 aromatic carbocycles. The van der Waals surface area contributed by atoms with Crippen LogP contribution in [-0.4, -0.2) is 24.8 Å². The SMILES string of the molecule is O=C(CCC(=O)c1ccc(-c2ccccc2)cc1)Nc1cc(C2CCNCC2)ccc1F. The van der Waals surface area contributed by atoms with Gasteiger partial charge in [-0.2, -0.15) is 0 Å².